The van der Waals surface area contributed by atoms with Crippen LogP contribution in [-0.2, 0) is 28.6 Å². The van der Waals surface area contributed by atoms with E-state index in [1.165, 1.54) is 11.1 Å². The number of rotatable bonds is 1. The van der Waals surface area contributed by atoms with E-state index in [4.69, 9.17) is 4.74 Å². The highest BCUT2D eigenvalue weighted by Crippen LogP contribution is 2.41. The van der Waals surface area contributed by atoms with Crippen LogP contribution in [0.15, 0.2) is 40.8 Å². The minimum absolute atomic E-state index is 0.228. The molecule has 5 bridgehead atoms. The molecule has 1 aromatic carbocycles. The van der Waals surface area contributed by atoms with Crippen LogP contribution in [0.2, 0.25) is 0 Å². The van der Waals surface area contributed by atoms with Crippen molar-refractivity contribution < 1.29 is 8.95 Å². The Hall–Kier alpha value is -2.82. The summed E-state index contributed by atoms with van der Waals surface area (Å²) in [4.78, 5) is 11.1. The van der Waals surface area contributed by atoms with Gasteiger partial charge in [-0.05, 0) is 62.1 Å². The Morgan fingerprint density at radius 3 is 2.91 bits per heavy atom. The quantitative estimate of drug-likeness (QED) is 0.593. The van der Waals surface area contributed by atoms with E-state index < -0.39 is 11.0 Å². The van der Waals surface area contributed by atoms with Crippen LogP contribution in [0.25, 0.3) is 5.57 Å². The molecule has 35 heavy (non-hydrogen) atoms. The number of hydrogen-bond acceptors (Lipinski definition) is 7. The van der Waals surface area contributed by atoms with E-state index in [-0.39, 0.29) is 5.41 Å². The summed E-state index contributed by atoms with van der Waals surface area (Å²) >= 11 is 0. The fourth-order valence-corrected chi connectivity index (χ4v) is 7.13. The van der Waals surface area contributed by atoms with Crippen molar-refractivity contribution in [3.63, 3.8) is 0 Å². The van der Waals surface area contributed by atoms with Crippen LogP contribution in [-0.4, -0.2) is 74.6 Å². The van der Waals surface area contributed by atoms with Crippen molar-refractivity contribution in [1.29, 1.82) is 0 Å². The highest BCUT2D eigenvalue weighted by atomic mass is 32.2. The average molecular weight is 494 g/mol. The maximum Gasteiger partial charge on any atom is 0.247 e. The molecule has 5 aliphatic rings. The van der Waals surface area contributed by atoms with Gasteiger partial charge in [-0.1, -0.05) is 18.7 Å². The van der Waals surface area contributed by atoms with Crippen molar-refractivity contribution in [3.05, 3.63) is 47.4 Å². The monoisotopic (exact) mass is 493 g/mol. The lowest BCUT2D eigenvalue weighted by Gasteiger charge is -2.46. The summed E-state index contributed by atoms with van der Waals surface area (Å²) < 4.78 is 21.1. The summed E-state index contributed by atoms with van der Waals surface area (Å²) in [6.45, 7) is 13.3. The van der Waals surface area contributed by atoms with Crippen LogP contribution in [0.5, 0.6) is 0 Å². The molecule has 0 radical (unpaired) electrons. The van der Waals surface area contributed by atoms with Gasteiger partial charge in [0.1, 0.15) is 0 Å². The number of hydrogen-bond donors (Lipinski definition) is 2. The standard InChI is InChI=1S/C25H31N7O2S/c1-17-13-21(26-2)34-12-4-10-31-11-9-25(14-31)15-32(16-25)35(33)24-28-23(29-30-24)27-22-19(17)8-7-18-5-3-6-20(18)22/h7-8,13H,1-6,9-12,14-16H2,(H2,27,28,29,30)/b21-13+. The molecule has 2 unspecified atom stereocenters. The first-order valence-electron chi connectivity index (χ1n) is 12.3. The number of H-pyrrole nitrogens is 1. The van der Waals surface area contributed by atoms with E-state index in [2.05, 4.69) is 55.8 Å². The topological polar surface area (TPSA) is 98.7 Å². The normalized spacial score (nSPS) is 31.8. The first-order valence-corrected chi connectivity index (χ1v) is 13.4. The Bertz CT molecular complexity index is 1230. The highest BCUT2D eigenvalue weighted by molar-refractivity contribution is 7.82. The van der Waals surface area contributed by atoms with E-state index in [1.807, 2.05) is 10.4 Å². The smallest absolute Gasteiger partial charge is 0.247 e. The van der Waals surface area contributed by atoms with E-state index in [1.54, 1.807) is 0 Å². The third-order valence-electron chi connectivity index (χ3n) is 7.59. The zero-order valence-corrected chi connectivity index (χ0v) is 20.7. The van der Waals surface area contributed by atoms with Gasteiger partial charge < -0.3 is 15.0 Å². The zero-order chi connectivity index (χ0) is 24.0. The average Bonchev–Trinajstić information content (AvgIpc) is 3.58. The largest absolute Gasteiger partial charge is 0.478 e. The van der Waals surface area contributed by atoms with Crippen LogP contribution >= 0.6 is 0 Å². The molecule has 0 amide bonds. The lowest BCUT2D eigenvalue weighted by atomic mass is 9.81. The van der Waals surface area contributed by atoms with Crippen LogP contribution in [0.3, 0.4) is 0 Å². The van der Waals surface area contributed by atoms with Gasteiger partial charge in [0.15, 0.2) is 11.0 Å². The number of fused-ring (bicyclic) bond motifs is 6. The van der Waals surface area contributed by atoms with E-state index >= 15 is 0 Å². The van der Waals surface area contributed by atoms with Crippen molar-refractivity contribution in [3.8, 4) is 0 Å². The number of nitrogens with zero attached hydrogens (tertiary/aromatic N) is 5. The molecule has 2 fully saturated rings. The van der Waals surface area contributed by atoms with Crippen molar-refractivity contribution in [2.24, 2.45) is 10.4 Å². The highest BCUT2D eigenvalue weighted by Gasteiger charge is 2.49. The number of allylic oxidation sites excluding steroid dienone is 2. The van der Waals surface area contributed by atoms with Crippen LogP contribution < -0.4 is 5.32 Å². The minimum atomic E-state index is -1.35. The maximum atomic E-state index is 13.2. The fraction of sp³-hybridized carbons (Fsp3) is 0.480. The Kier molecular flexibility index (Phi) is 5.82. The van der Waals surface area contributed by atoms with Crippen molar-refractivity contribution in [2.75, 3.05) is 44.6 Å². The Labute approximate surface area is 207 Å². The number of aromatic amines is 1. The third kappa shape index (κ3) is 4.23. The maximum absolute atomic E-state index is 13.2. The molecule has 7 rings (SSSR count). The molecule has 2 N–H and O–H groups in total. The lowest BCUT2D eigenvalue weighted by Crippen LogP contribution is -2.57. The number of nitrogens with one attached hydrogen (secondary N) is 2. The van der Waals surface area contributed by atoms with Gasteiger partial charge >= 0.3 is 0 Å². The van der Waals surface area contributed by atoms with Crippen LogP contribution in [0, 0.1) is 5.41 Å². The van der Waals surface area contributed by atoms with Gasteiger partial charge in [-0.15, -0.1) is 5.10 Å². The second-order valence-corrected chi connectivity index (χ2v) is 11.4. The van der Waals surface area contributed by atoms with E-state index in [0.717, 1.165) is 81.7 Å². The van der Waals surface area contributed by atoms with Gasteiger partial charge in [-0.25, -0.2) is 18.6 Å². The summed E-state index contributed by atoms with van der Waals surface area (Å²) in [5.41, 5.74) is 5.45. The second kappa shape index (κ2) is 9.00. The summed E-state index contributed by atoms with van der Waals surface area (Å²) in [6.07, 6.45) is 7.01. The third-order valence-corrected chi connectivity index (χ3v) is 8.83. The molecule has 4 aliphatic heterocycles. The fourth-order valence-electron chi connectivity index (χ4n) is 5.81. The summed E-state index contributed by atoms with van der Waals surface area (Å²) in [5.74, 6) is 0.882. The predicted octanol–water partition coefficient (Wildman–Crippen LogP) is 3.04. The molecule has 1 spiro atoms. The van der Waals surface area contributed by atoms with Gasteiger partial charge in [-0.2, -0.15) is 4.98 Å². The Balaban J connectivity index is 1.35. The molecule has 2 saturated heterocycles. The molecular weight excluding hydrogens is 462 g/mol. The molecule has 2 atom stereocenters. The number of aryl methyl sites for hydroxylation is 1. The molecule has 10 heteroatoms. The zero-order valence-electron chi connectivity index (χ0n) is 19.9. The van der Waals surface area contributed by atoms with Crippen LogP contribution in [0.4, 0.5) is 11.6 Å². The van der Waals surface area contributed by atoms with E-state index in [9.17, 15) is 4.21 Å². The van der Waals surface area contributed by atoms with Crippen molar-refractivity contribution in [2.45, 2.75) is 37.3 Å². The number of benzene rings is 1. The second-order valence-electron chi connectivity index (χ2n) is 10.0. The molecule has 9 nitrogen and oxygen atoms in total. The lowest BCUT2D eigenvalue weighted by molar-refractivity contribution is 0.0809. The summed E-state index contributed by atoms with van der Waals surface area (Å²) in [6, 6.07) is 4.24. The van der Waals surface area contributed by atoms with Gasteiger partial charge in [0.05, 0.1) is 12.3 Å². The number of ether oxygens (including phenoxy) is 1. The first-order chi connectivity index (χ1) is 17.0. The van der Waals surface area contributed by atoms with Crippen LogP contribution in [0.1, 0.15) is 36.0 Å². The summed E-state index contributed by atoms with van der Waals surface area (Å²) in [7, 11) is -1.35. The Morgan fingerprint density at radius 1 is 1.17 bits per heavy atom. The van der Waals surface area contributed by atoms with E-state index in [0.29, 0.717) is 23.6 Å². The van der Waals surface area contributed by atoms with Crippen molar-refractivity contribution >= 4 is 34.9 Å². The number of anilines is 2. The SMILES string of the molecule is C=N/C1=C\C(=C)c2ccc3c(c2Nc2n[nH]c(n2)S(=O)N2CC4(CCN(CCCO1)C4)C2)CCC3. The van der Waals surface area contributed by atoms with Gasteiger partial charge in [0.2, 0.25) is 17.0 Å². The molecule has 1 aliphatic carbocycles. The molecule has 0 saturated carbocycles. The van der Waals surface area contributed by atoms with Crippen molar-refractivity contribution in [1.82, 2.24) is 24.4 Å². The van der Waals surface area contributed by atoms with Gasteiger partial charge in [0, 0.05) is 43.2 Å². The molecule has 5 heterocycles. The molecular formula is C25H31N7O2S. The molecule has 2 aromatic rings. The number of aromatic nitrogens is 3. The first kappa shape index (κ1) is 22.6. The predicted molar refractivity (Wildman–Crippen MR) is 137 cm³/mol. The number of aliphatic imine (C=N–C) groups is 1. The Morgan fingerprint density at radius 2 is 2.06 bits per heavy atom. The van der Waals surface area contributed by atoms with Gasteiger partial charge in [0.25, 0.3) is 0 Å². The van der Waals surface area contributed by atoms with Gasteiger partial charge in [-0.3, -0.25) is 0 Å². The summed E-state index contributed by atoms with van der Waals surface area (Å²) in [5, 5.41) is 11.0. The molecule has 184 valence electrons. The minimum Gasteiger partial charge on any atom is -0.478 e. The molecule has 1 aromatic heterocycles.